The zero-order chi connectivity index (χ0) is 13.3. The summed E-state index contributed by atoms with van der Waals surface area (Å²) in [4.78, 5) is 6.67. The third-order valence-corrected chi connectivity index (χ3v) is 3.60. The number of nitrogens with zero attached hydrogens (tertiary/aromatic N) is 2. The lowest BCUT2D eigenvalue weighted by molar-refractivity contribution is 0.250. The minimum absolute atomic E-state index is 0.543. The normalized spacial score (nSPS) is 22.9. The SMILES string of the molecule is C=C1c2cc(C)ccc2N=CC(N)(CC)N1CC. The van der Waals surface area contributed by atoms with Crippen molar-refractivity contribution >= 4 is 17.6 Å². The molecule has 1 atom stereocenters. The predicted molar refractivity (Wildman–Crippen MR) is 78.0 cm³/mol. The molecule has 0 saturated carbocycles. The van der Waals surface area contributed by atoms with Gasteiger partial charge in [0.05, 0.1) is 5.69 Å². The molecule has 0 fully saturated rings. The van der Waals surface area contributed by atoms with E-state index in [1.807, 2.05) is 12.3 Å². The fourth-order valence-electron chi connectivity index (χ4n) is 2.41. The van der Waals surface area contributed by atoms with Gasteiger partial charge in [-0.15, -0.1) is 0 Å². The highest BCUT2D eigenvalue weighted by atomic mass is 15.3. The average molecular weight is 243 g/mol. The summed E-state index contributed by atoms with van der Waals surface area (Å²) in [5.41, 5.74) is 10.1. The molecule has 0 saturated heterocycles. The predicted octanol–water partition coefficient (Wildman–Crippen LogP) is 3.07. The number of fused-ring (bicyclic) bond motifs is 1. The van der Waals surface area contributed by atoms with Crippen molar-refractivity contribution in [1.82, 2.24) is 4.90 Å². The monoisotopic (exact) mass is 243 g/mol. The molecule has 18 heavy (non-hydrogen) atoms. The van der Waals surface area contributed by atoms with Gasteiger partial charge < -0.3 is 10.6 Å². The van der Waals surface area contributed by atoms with E-state index >= 15 is 0 Å². The van der Waals surface area contributed by atoms with Crippen LogP contribution < -0.4 is 5.73 Å². The number of aryl methyl sites for hydroxylation is 1. The third kappa shape index (κ3) is 1.95. The van der Waals surface area contributed by atoms with Crippen molar-refractivity contribution in [1.29, 1.82) is 0 Å². The van der Waals surface area contributed by atoms with Crippen LogP contribution in [0.5, 0.6) is 0 Å². The summed E-state index contributed by atoms with van der Waals surface area (Å²) in [5, 5.41) is 0. The second-order valence-corrected chi connectivity index (χ2v) is 4.81. The van der Waals surface area contributed by atoms with Gasteiger partial charge in [0.1, 0.15) is 5.66 Å². The standard InChI is InChI=1S/C15H21N3/c1-5-15(16)10-17-14-8-7-11(3)9-13(14)12(4)18(15)6-2/h7-10H,4-6,16H2,1-3H3. The molecule has 0 radical (unpaired) electrons. The summed E-state index contributed by atoms with van der Waals surface area (Å²) < 4.78 is 0. The van der Waals surface area contributed by atoms with Crippen LogP contribution in [0.15, 0.2) is 29.8 Å². The first-order valence-corrected chi connectivity index (χ1v) is 6.43. The van der Waals surface area contributed by atoms with Crippen molar-refractivity contribution in [3.05, 3.63) is 35.9 Å². The molecule has 0 aromatic heterocycles. The van der Waals surface area contributed by atoms with Gasteiger partial charge in [-0.3, -0.25) is 4.99 Å². The van der Waals surface area contributed by atoms with Crippen LogP contribution in [-0.2, 0) is 0 Å². The van der Waals surface area contributed by atoms with Gasteiger partial charge in [0.15, 0.2) is 0 Å². The molecule has 0 amide bonds. The summed E-state index contributed by atoms with van der Waals surface area (Å²) in [7, 11) is 0. The van der Waals surface area contributed by atoms with Gasteiger partial charge in [-0.1, -0.05) is 25.1 Å². The molecule has 0 bridgehead atoms. The Bertz CT molecular complexity index is 504. The molecule has 3 nitrogen and oxygen atoms in total. The first-order valence-electron chi connectivity index (χ1n) is 6.43. The van der Waals surface area contributed by atoms with E-state index in [-0.39, 0.29) is 0 Å². The zero-order valence-corrected chi connectivity index (χ0v) is 11.4. The zero-order valence-electron chi connectivity index (χ0n) is 11.4. The van der Waals surface area contributed by atoms with Gasteiger partial charge in [0.2, 0.25) is 0 Å². The maximum atomic E-state index is 6.44. The van der Waals surface area contributed by atoms with Crippen molar-refractivity contribution in [2.75, 3.05) is 6.54 Å². The van der Waals surface area contributed by atoms with Gasteiger partial charge in [0.25, 0.3) is 0 Å². The number of rotatable bonds is 2. The highest BCUT2D eigenvalue weighted by Gasteiger charge is 2.32. The Balaban J connectivity index is 2.58. The smallest absolute Gasteiger partial charge is 0.125 e. The second kappa shape index (κ2) is 4.58. The number of benzene rings is 1. The number of hydrogen-bond donors (Lipinski definition) is 1. The first kappa shape index (κ1) is 12.8. The molecule has 2 rings (SSSR count). The Labute approximate surface area is 109 Å². The van der Waals surface area contributed by atoms with Gasteiger partial charge >= 0.3 is 0 Å². The van der Waals surface area contributed by atoms with Gasteiger partial charge in [-0.05, 0) is 32.4 Å². The van der Waals surface area contributed by atoms with Crippen molar-refractivity contribution < 1.29 is 0 Å². The number of aliphatic imine (C=N–C) groups is 1. The van der Waals surface area contributed by atoms with Crippen LogP contribution in [0.4, 0.5) is 5.69 Å². The summed E-state index contributed by atoms with van der Waals surface area (Å²) in [5.74, 6) is 0. The fraction of sp³-hybridized carbons (Fsp3) is 0.400. The Morgan fingerprint density at radius 3 is 2.72 bits per heavy atom. The number of nitrogens with two attached hydrogens (primary N) is 1. The molecule has 1 aromatic carbocycles. The molecule has 1 unspecified atom stereocenters. The molecule has 3 heteroatoms. The summed E-state index contributed by atoms with van der Waals surface area (Å²) in [6.07, 6.45) is 2.65. The van der Waals surface area contributed by atoms with Crippen LogP contribution in [0, 0.1) is 6.92 Å². The van der Waals surface area contributed by atoms with Gasteiger partial charge in [0, 0.05) is 24.0 Å². The fourth-order valence-corrected chi connectivity index (χ4v) is 2.41. The molecule has 0 spiro atoms. The van der Waals surface area contributed by atoms with E-state index in [1.54, 1.807) is 0 Å². The molecule has 1 aromatic rings. The summed E-state index contributed by atoms with van der Waals surface area (Å²) in [6.45, 7) is 11.3. The number of hydrogen-bond acceptors (Lipinski definition) is 3. The van der Waals surface area contributed by atoms with E-state index in [9.17, 15) is 0 Å². The van der Waals surface area contributed by atoms with E-state index < -0.39 is 5.66 Å². The van der Waals surface area contributed by atoms with Crippen molar-refractivity contribution in [2.45, 2.75) is 32.9 Å². The minimum atomic E-state index is -0.543. The molecular weight excluding hydrogens is 222 g/mol. The molecule has 1 aliphatic heterocycles. The average Bonchev–Trinajstić information content (AvgIpc) is 2.47. The van der Waals surface area contributed by atoms with E-state index in [0.717, 1.165) is 29.9 Å². The summed E-state index contributed by atoms with van der Waals surface area (Å²) >= 11 is 0. The molecule has 1 aliphatic rings. The summed E-state index contributed by atoms with van der Waals surface area (Å²) in [6, 6.07) is 6.22. The molecule has 1 heterocycles. The van der Waals surface area contributed by atoms with E-state index in [2.05, 4.69) is 49.4 Å². The van der Waals surface area contributed by atoms with Gasteiger partial charge in [-0.2, -0.15) is 0 Å². The quantitative estimate of drug-likeness (QED) is 0.867. The van der Waals surface area contributed by atoms with Gasteiger partial charge in [-0.25, -0.2) is 0 Å². The molecule has 2 N–H and O–H groups in total. The Morgan fingerprint density at radius 2 is 2.11 bits per heavy atom. The van der Waals surface area contributed by atoms with Crippen LogP contribution >= 0.6 is 0 Å². The van der Waals surface area contributed by atoms with E-state index in [4.69, 9.17) is 5.73 Å². The van der Waals surface area contributed by atoms with E-state index in [1.165, 1.54) is 5.56 Å². The second-order valence-electron chi connectivity index (χ2n) is 4.81. The first-order chi connectivity index (χ1) is 8.51. The lowest BCUT2D eigenvalue weighted by Gasteiger charge is -2.38. The third-order valence-electron chi connectivity index (χ3n) is 3.60. The Kier molecular flexibility index (Phi) is 3.26. The van der Waals surface area contributed by atoms with Crippen LogP contribution in [-0.4, -0.2) is 23.3 Å². The van der Waals surface area contributed by atoms with Crippen molar-refractivity contribution in [2.24, 2.45) is 10.7 Å². The maximum Gasteiger partial charge on any atom is 0.125 e. The molecular formula is C15H21N3. The lowest BCUT2D eigenvalue weighted by Crippen LogP contribution is -2.55. The molecule has 0 aliphatic carbocycles. The van der Waals surface area contributed by atoms with Crippen LogP contribution in [0.1, 0.15) is 31.4 Å². The Morgan fingerprint density at radius 1 is 1.39 bits per heavy atom. The lowest BCUT2D eigenvalue weighted by atomic mass is 10.0. The van der Waals surface area contributed by atoms with Crippen LogP contribution in [0.2, 0.25) is 0 Å². The molecule has 96 valence electrons. The van der Waals surface area contributed by atoms with E-state index in [0.29, 0.717) is 0 Å². The maximum absolute atomic E-state index is 6.44. The minimum Gasteiger partial charge on any atom is -0.349 e. The Hall–Kier alpha value is -1.61. The van der Waals surface area contributed by atoms with Crippen molar-refractivity contribution in [3.8, 4) is 0 Å². The van der Waals surface area contributed by atoms with Crippen molar-refractivity contribution in [3.63, 3.8) is 0 Å². The highest BCUT2D eigenvalue weighted by molar-refractivity contribution is 5.84. The largest absolute Gasteiger partial charge is 0.349 e. The van der Waals surface area contributed by atoms with Crippen LogP contribution in [0.3, 0.4) is 0 Å². The van der Waals surface area contributed by atoms with Crippen LogP contribution in [0.25, 0.3) is 5.70 Å². The topological polar surface area (TPSA) is 41.6 Å². The highest BCUT2D eigenvalue weighted by Crippen LogP contribution is 2.34.